The van der Waals surface area contributed by atoms with Gasteiger partial charge in [0.1, 0.15) is 6.54 Å². The summed E-state index contributed by atoms with van der Waals surface area (Å²) in [6.45, 7) is 4.63. The van der Waals surface area contributed by atoms with Gasteiger partial charge in [0.05, 0.1) is 6.54 Å². The van der Waals surface area contributed by atoms with Crippen molar-refractivity contribution < 1.29 is 4.79 Å². The second-order valence-corrected chi connectivity index (χ2v) is 7.90. The molecule has 156 valence electrons. The molecule has 0 amide bonds. The van der Waals surface area contributed by atoms with Gasteiger partial charge in [0, 0.05) is 16.9 Å². The normalized spacial score (nSPS) is 10.8. The van der Waals surface area contributed by atoms with Crippen LogP contribution in [0, 0.1) is 18.6 Å². The highest BCUT2D eigenvalue weighted by Crippen LogP contribution is 2.16. The van der Waals surface area contributed by atoms with Crippen molar-refractivity contribution in [3.05, 3.63) is 106 Å². The number of hydrogen-bond acceptors (Lipinski definition) is 4. The number of nitrogens with one attached hydrogen (secondary N) is 1. The summed E-state index contributed by atoms with van der Waals surface area (Å²) in [5, 5.41) is 8.10. The first-order chi connectivity index (χ1) is 15.0. The Morgan fingerprint density at radius 3 is 2.16 bits per heavy atom. The molecule has 0 bridgehead atoms. The van der Waals surface area contributed by atoms with E-state index in [1.165, 1.54) is 5.56 Å². The lowest BCUT2D eigenvalue weighted by Gasteiger charge is -2.09. The highest BCUT2D eigenvalue weighted by molar-refractivity contribution is 7.71. The molecule has 3 aromatic carbocycles. The Morgan fingerprint density at radius 1 is 0.903 bits per heavy atom. The summed E-state index contributed by atoms with van der Waals surface area (Å²) in [4.78, 5) is 12.8. The van der Waals surface area contributed by atoms with Crippen LogP contribution < -0.4 is 5.32 Å². The maximum absolute atomic E-state index is 12.8. The quantitative estimate of drug-likeness (QED) is 0.311. The van der Waals surface area contributed by atoms with Crippen LogP contribution in [0.25, 0.3) is 5.69 Å². The first-order valence-electron chi connectivity index (χ1n) is 10.2. The molecular formula is C25H24N4OS. The van der Waals surface area contributed by atoms with Crippen LogP contribution in [0.2, 0.25) is 0 Å². The Labute approximate surface area is 187 Å². The van der Waals surface area contributed by atoms with Gasteiger partial charge in [0.25, 0.3) is 0 Å². The van der Waals surface area contributed by atoms with Crippen molar-refractivity contribution in [3.63, 3.8) is 0 Å². The van der Waals surface area contributed by atoms with Crippen LogP contribution in [0.15, 0.2) is 78.9 Å². The molecule has 1 N–H and O–H groups in total. The number of ketones is 1. The fourth-order valence-corrected chi connectivity index (χ4v) is 3.64. The average molecular weight is 429 g/mol. The highest BCUT2D eigenvalue weighted by atomic mass is 32.1. The molecule has 0 saturated carbocycles. The lowest BCUT2D eigenvalue weighted by Crippen LogP contribution is -2.12. The van der Waals surface area contributed by atoms with E-state index in [9.17, 15) is 4.79 Å². The van der Waals surface area contributed by atoms with Crippen LogP contribution in [-0.2, 0) is 13.1 Å². The minimum absolute atomic E-state index is 0.0214. The summed E-state index contributed by atoms with van der Waals surface area (Å²) in [5.74, 6) is 0.723. The van der Waals surface area contributed by atoms with Crippen molar-refractivity contribution in [3.8, 4) is 5.69 Å². The summed E-state index contributed by atoms with van der Waals surface area (Å²) >= 11 is 5.72. The molecule has 0 aliphatic carbocycles. The highest BCUT2D eigenvalue weighted by Gasteiger charge is 2.15. The molecule has 5 nitrogen and oxygen atoms in total. The first-order valence-corrected chi connectivity index (χ1v) is 10.6. The van der Waals surface area contributed by atoms with Gasteiger partial charge in [-0.15, -0.1) is 0 Å². The maximum atomic E-state index is 12.8. The molecule has 0 aliphatic heterocycles. The summed E-state index contributed by atoms with van der Waals surface area (Å²) < 4.78 is 4.02. The minimum atomic E-state index is -0.0214. The smallest absolute Gasteiger partial charge is 0.203 e. The van der Waals surface area contributed by atoms with Gasteiger partial charge in [0.15, 0.2) is 11.6 Å². The number of benzene rings is 3. The summed E-state index contributed by atoms with van der Waals surface area (Å²) in [5.41, 5.74) is 4.90. The number of hydrogen-bond donors (Lipinski definition) is 1. The van der Waals surface area contributed by atoms with Gasteiger partial charge < -0.3 is 5.32 Å². The minimum Gasteiger partial charge on any atom is -0.378 e. The number of para-hydroxylation sites is 1. The average Bonchev–Trinajstić information content (AvgIpc) is 3.09. The maximum Gasteiger partial charge on any atom is 0.203 e. The second kappa shape index (κ2) is 9.10. The number of anilines is 1. The molecule has 31 heavy (non-hydrogen) atoms. The fourth-order valence-electron chi connectivity index (χ4n) is 3.33. The molecule has 0 atom stereocenters. The third kappa shape index (κ3) is 4.81. The zero-order chi connectivity index (χ0) is 21.8. The number of Topliss-reactive ketones (excluding diaryl/α,β-unsaturated/α-hetero) is 1. The van der Waals surface area contributed by atoms with Crippen molar-refractivity contribution in [2.24, 2.45) is 0 Å². The van der Waals surface area contributed by atoms with E-state index in [1.54, 1.807) is 4.68 Å². The Hall–Kier alpha value is -3.51. The molecular weight excluding hydrogens is 404 g/mol. The van der Waals surface area contributed by atoms with Crippen LogP contribution in [-0.4, -0.2) is 20.1 Å². The molecule has 1 aromatic heterocycles. The van der Waals surface area contributed by atoms with E-state index in [4.69, 9.17) is 17.3 Å². The van der Waals surface area contributed by atoms with Crippen molar-refractivity contribution in [2.45, 2.75) is 26.9 Å². The van der Waals surface area contributed by atoms with Gasteiger partial charge in [-0.1, -0.05) is 65.7 Å². The summed E-state index contributed by atoms with van der Waals surface area (Å²) in [7, 11) is 0. The van der Waals surface area contributed by atoms with Crippen LogP contribution in [0.5, 0.6) is 0 Å². The van der Waals surface area contributed by atoms with E-state index in [-0.39, 0.29) is 12.3 Å². The number of nitrogens with zero attached hydrogens (tertiary/aromatic N) is 3. The molecule has 4 aromatic rings. The monoisotopic (exact) mass is 428 g/mol. The molecule has 4 rings (SSSR count). The van der Waals surface area contributed by atoms with E-state index < -0.39 is 0 Å². The van der Waals surface area contributed by atoms with Gasteiger partial charge in [-0.05, 0) is 50.3 Å². The molecule has 0 saturated heterocycles. The molecule has 0 radical (unpaired) electrons. The molecule has 6 heteroatoms. The van der Waals surface area contributed by atoms with Gasteiger partial charge in [-0.3, -0.25) is 9.36 Å². The van der Waals surface area contributed by atoms with E-state index in [2.05, 4.69) is 24.4 Å². The van der Waals surface area contributed by atoms with Crippen molar-refractivity contribution in [1.29, 1.82) is 0 Å². The summed E-state index contributed by atoms with van der Waals surface area (Å²) in [6, 6.07) is 25.6. The number of aromatic nitrogens is 3. The van der Waals surface area contributed by atoms with Crippen molar-refractivity contribution >= 4 is 23.7 Å². The number of carbonyl (C=O) groups is 1. The van der Waals surface area contributed by atoms with E-state index in [0.717, 1.165) is 22.8 Å². The van der Waals surface area contributed by atoms with Gasteiger partial charge >= 0.3 is 0 Å². The Bertz CT molecular complexity index is 1240. The number of rotatable bonds is 7. The lowest BCUT2D eigenvalue weighted by atomic mass is 10.1. The second-order valence-electron chi connectivity index (χ2n) is 7.54. The Kier molecular flexibility index (Phi) is 6.09. The van der Waals surface area contributed by atoms with Gasteiger partial charge in [-0.25, -0.2) is 4.68 Å². The molecule has 0 fully saturated rings. The van der Waals surface area contributed by atoms with E-state index >= 15 is 0 Å². The topological polar surface area (TPSA) is 51.9 Å². The molecule has 0 unspecified atom stereocenters. The Balaban J connectivity index is 1.64. The third-order valence-corrected chi connectivity index (χ3v) is 5.48. The fraction of sp³-hybridized carbons (Fsp3) is 0.160. The van der Waals surface area contributed by atoms with Gasteiger partial charge in [-0.2, -0.15) is 5.10 Å². The van der Waals surface area contributed by atoms with Crippen LogP contribution in [0.1, 0.15) is 27.3 Å². The third-order valence-electron chi connectivity index (χ3n) is 5.09. The lowest BCUT2D eigenvalue weighted by molar-refractivity contribution is 0.0967. The zero-order valence-electron chi connectivity index (χ0n) is 17.6. The molecule has 0 spiro atoms. The molecule has 1 heterocycles. The largest absolute Gasteiger partial charge is 0.378 e. The molecule has 0 aliphatic rings. The predicted molar refractivity (Wildman–Crippen MR) is 126 cm³/mol. The standard InChI is InChI=1S/C25H24N4OS/c1-18-8-12-20(13-9-18)23(30)17-28-25(31)29(22-6-4-3-5-7-22)24(27-28)16-26-21-14-10-19(2)11-15-21/h3-15,26H,16-17H2,1-2H3. The number of carbonyl (C=O) groups excluding carboxylic acids is 1. The first kappa shape index (κ1) is 20.8. The van der Waals surface area contributed by atoms with E-state index in [1.807, 2.05) is 78.2 Å². The van der Waals surface area contributed by atoms with E-state index in [0.29, 0.717) is 16.9 Å². The number of aryl methyl sites for hydroxylation is 2. The predicted octanol–water partition coefficient (Wildman–Crippen LogP) is 5.52. The van der Waals surface area contributed by atoms with Gasteiger partial charge in [0.2, 0.25) is 4.77 Å². The van der Waals surface area contributed by atoms with Crippen LogP contribution in [0.4, 0.5) is 5.69 Å². The Morgan fingerprint density at radius 2 is 1.52 bits per heavy atom. The van der Waals surface area contributed by atoms with Crippen LogP contribution in [0.3, 0.4) is 0 Å². The summed E-state index contributed by atoms with van der Waals surface area (Å²) in [6.07, 6.45) is 0. The van der Waals surface area contributed by atoms with Crippen molar-refractivity contribution in [1.82, 2.24) is 14.3 Å². The van der Waals surface area contributed by atoms with Crippen molar-refractivity contribution in [2.75, 3.05) is 5.32 Å². The zero-order valence-corrected chi connectivity index (χ0v) is 18.4. The SMILES string of the molecule is Cc1ccc(NCc2nn(CC(=O)c3ccc(C)cc3)c(=S)n2-c2ccccc2)cc1. The van der Waals surface area contributed by atoms with Crippen LogP contribution >= 0.6 is 12.2 Å².